The van der Waals surface area contributed by atoms with Crippen molar-refractivity contribution in [2.24, 2.45) is 5.73 Å². The summed E-state index contributed by atoms with van der Waals surface area (Å²) in [4.78, 5) is 4.22. The lowest BCUT2D eigenvalue weighted by Gasteiger charge is -2.09. The third kappa shape index (κ3) is 1.84. The average molecular weight is 204 g/mol. The SMILES string of the molecule is Cc1cccc(C(N)c2nccs2)c1. The minimum Gasteiger partial charge on any atom is -0.318 e. The number of thiazole rings is 1. The lowest BCUT2D eigenvalue weighted by molar-refractivity contribution is 0.856. The smallest absolute Gasteiger partial charge is 0.114 e. The molecule has 0 saturated heterocycles. The Morgan fingerprint density at radius 1 is 1.43 bits per heavy atom. The van der Waals surface area contributed by atoms with Gasteiger partial charge in [0.2, 0.25) is 0 Å². The highest BCUT2D eigenvalue weighted by Gasteiger charge is 2.10. The van der Waals surface area contributed by atoms with E-state index in [1.807, 2.05) is 17.5 Å². The molecule has 2 nitrogen and oxygen atoms in total. The van der Waals surface area contributed by atoms with Gasteiger partial charge in [0.25, 0.3) is 0 Å². The first-order valence-corrected chi connectivity index (χ1v) is 5.37. The quantitative estimate of drug-likeness (QED) is 0.816. The highest BCUT2D eigenvalue weighted by Crippen LogP contribution is 2.21. The maximum atomic E-state index is 6.08. The number of aryl methyl sites for hydroxylation is 1. The molecule has 0 bridgehead atoms. The van der Waals surface area contributed by atoms with Crippen LogP contribution in [0.4, 0.5) is 0 Å². The molecule has 72 valence electrons. The number of nitrogens with zero attached hydrogens (tertiary/aromatic N) is 1. The summed E-state index contributed by atoms with van der Waals surface area (Å²) in [6.45, 7) is 2.07. The van der Waals surface area contributed by atoms with Gasteiger partial charge in [-0.25, -0.2) is 4.98 Å². The number of hydrogen-bond acceptors (Lipinski definition) is 3. The lowest BCUT2D eigenvalue weighted by Crippen LogP contribution is -2.11. The third-order valence-electron chi connectivity index (χ3n) is 2.12. The maximum Gasteiger partial charge on any atom is 0.114 e. The summed E-state index contributed by atoms with van der Waals surface area (Å²) in [5, 5.41) is 2.92. The summed E-state index contributed by atoms with van der Waals surface area (Å²) in [5.41, 5.74) is 8.43. The first-order chi connectivity index (χ1) is 6.77. The summed E-state index contributed by atoms with van der Waals surface area (Å²) in [6.07, 6.45) is 1.79. The van der Waals surface area contributed by atoms with E-state index in [1.54, 1.807) is 17.5 Å². The molecule has 0 saturated carbocycles. The molecule has 3 heteroatoms. The fourth-order valence-electron chi connectivity index (χ4n) is 1.39. The topological polar surface area (TPSA) is 38.9 Å². The van der Waals surface area contributed by atoms with Gasteiger partial charge in [0.1, 0.15) is 5.01 Å². The first kappa shape index (κ1) is 9.37. The average Bonchev–Trinajstić information content (AvgIpc) is 2.69. The summed E-state index contributed by atoms with van der Waals surface area (Å²) in [5.74, 6) is 0. The first-order valence-electron chi connectivity index (χ1n) is 4.49. The van der Waals surface area contributed by atoms with Crippen molar-refractivity contribution >= 4 is 11.3 Å². The minimum absolute atomic E-state index is 0.0881. The monoisotopic (exact) mass is 204 g/mol. The molecule has 2 rings (SSSR count). The van der Waals surface area contributed by atoms with E-state index >= 15 is 0 Å². The Balaban J connectivity index is 2.32. The molecule has 0 amide bonds. The van der Waals surface area contributed by atoms with Crippen molar-refractivity contribution in [3.05, 3.63) is 52.0 Å². The number of benzene rings is 1. The van der Waals surface area contributed by atoms with Gasteiger partial charge < -0.3 is 5.73 Å². The van der Waals surface area contributed by atoms with Crippen LogP contribution in [0.1, 0.15) is 22.2 Å². The van der Waals surface area contributed by atoms with Crippen LogP contribution in [0, 0.1) is 6.92 Å². The second-order valence-electron chi connectivity index (χ2n) is 3.26. The van der Waals surface area contributed by atoms with Crippen LogP contribution in [-0.2, 0) is 0 Å². The van der Waals surface area contributed by atoms with Gasteiger partial charge in [-0.05, 0) is 12.5 Å². The Labute approximate surface area is 87.4 Å². The van der Waals surface area contributed by atoms with Crippen molar-refractivity contribution in [1.82, 2.24) is 4.98 Å². The molecule has 0 radical (unpaired) electrons. The van der Waals surface area contributed by atoms with Gasteiger partial charge in [-0.3, -0.25) is 0 Å². The van der Waals surface area contributed by atoms with Crippen molar-refractivity contribution in [3.8, 4) is 0 Å². The highest BCUT2D eigenvalue weighted by molar-refractivity contribution is 7.09. The molecule has 14 heavy (non-hydrogen) atoms. The Morgan fingerprint density at radius 3 is 2.93 bits per heavy atom. The number of aromatic nitrogens is 1. The molecule has 1 aromatic heterocycles. The molecule has 0 aliphatic rings. The van der Waals surface area contributed by atoms with E-state index in [0.29, 0.717) is 0 Å². The molecule has 0 aliphatic heterocycles. The minimum atomic E-state index is -0.0881. The number of rotatable bonds is 2. The van der Waals surface area contributed by atoms with Crippen LogP contribution < -0.4 is 5.73 Å². The Morgan fingerprint density at radius 2 is 2.29 bits per heavy atom. The Hall–Kier alpha value is -1.19. The highest BCUT2D eigenvalue weighted by atomic mass is 32.1. The van der Waals surface area contributed by atoms with Gasteiger partial charge in [0.05, 0.1) is 6.04 Å². The van der Waals surface area contributed by atoms with Crippen LogP contribution in [0.2, 0.25) is 0 Å². The van der Waals surface area contributed by atoms with Gasteiger partial charge in [-0.2, -0.15) is 0 Å². The van der Waals surface area contributed by atoms with Crippen molar-refractivity contribution in [1.29, 1.82) is 0 Å². The molecule has 1 heterocycles. The van der Waals surface area contributed by atoms with E-state index in [4.69, 9.17) is 5.73 Å². The fourth-order valence-corrected chi connectivity index (χ4v) is 2.06. The van der Waals surface area contributed by atoms with Crippen LogP contribution in [-0.4, -0.2) is 4.98 Å². The number of nitrogens with two attached hydrogens (primary N) is 1. The molecule has 0 spiro atoms. The lowest BCUT2D eigenvalue weighted by atomic mass is 10.1. The van der Waals surface area contributed by atoms with Crippen LogP contribution in [0.5, 0.6) is 0 Å². The van der Waals surface area contributed by atoms with Crippen molar-refractivity contribution < 1.29 is 0 Å². The molecule has 1 aromatic carbocycles. The van der Waals surface area contributed by atoms with E-state index in [0.717, 1.165) is 10.6 Å². The maximum absolute atomic E-state index is 6.08. The Kier molecular flexibility index (Phi) is 2.61. The molecule has 0 aliphatic carbocycles. The van der Waals surface area contributed by atoms with Gasteiger partial charge in [0, 0.05) is 11.6 Å². The predicted molar refractivity (Wildman–Crippen MR) is 59.3 cm³/mol. The standard InChI is InChI=1S/C11H12N2S/c1-8-3-2-4-9(7-8)10(12)11-13-5-6-14-11/h2-7,10H,12H2,1H3. The van der Waals surface area contributed by atoms with Gasteiger partial charge >= 0.3 is 0 Å². The molecule has 2 N–H and O–H groups in total. The molecule has 1 atom stereocenters. The van der Waals surface area contributed by atoms with Crippen LogP contribution in [0.3, 0.4) is 0 Å². The molecule has 2 aromatic rings. The van der Waals surface area contributed by atoms with E-state index in [2.05, 4.69) is 24.0 Å². The summed E-state index contributed by atoms with van der Waals surface area (Å²) in [6, 6.07) is 8.15. The summed E-state index contributed by atoms with van der Waals surface area (Å²) < 4.78 is 0. The van der Waals surface area contributed by atoms with E-state index < -0.39 is 0 Å². The van der Waals surface area contributed by atoms with Crippen LogP contribution in [0.25, 0.3) is 0 Å². The largest absolute Gasteiger partial charge is 0.318 e. The van der Waals surface area contributed by atoms with Crippen molar-refractivity contribution in [3.63, 3.8) is 0 Å². The van der Waals surface area contributed by atoms with Gasteiger partial charge in [-0.15, -0.1) is 11.3 Å². The predicted octanol–water partition coefficient (Wildman–Crippen LogP) is 2.50. The van der Waals surface area contributed by atoms with Crippen LogP contribution >= 0.6 is 11.3 Å². The zero-order chi connectivity index (χ0) is 9.97. The fraction of sp³-hybridized carbons (Fsp3) is 0.182. The summed E-state index contributed by atoms with van der Waals surface area (Å²) in [7, 11) is 0. The number of hydrogen-bond donors (Lipinski definition) is 1. The van der Waals surface area contributed by atoms with Crippen LogP contribution in [0.15, 0.2) is 35.8 Å². The second-order valence-corrected chi connectivity index (χ2v) is 4.19. The zero-order valence-electron chi connectivity index (χ0n) is 7.97. The third-order valence-corrected chi connectivity index (χ3v) is 2.98. The normalized spacial score (nSPS) is 12.7. The van der Waals surface area contributed by atoms with Crippen molar-refractivity contribution in [2.75, 3.05) is 0 Å². The van der Waals surface area contributed by atoms with E-state index in [9.17, 15) is 0 Å². The van der Waals surface area contributed by atoms with Gasteiger partial charge in [-0.1, -0.05) is 29.8 Å². The molecule has 0 fully saturated rings. The zero-order valence-corrected chi connectivity index (χ0v) is 8.79. The van der Waals surface area contributed by atoms with E-state index in [-0.39, 0.29) is 6.04 Å². The van der Waals surface area contributed by atoms with Gasteiger partial charge in [0.15, 0.2) is 0 Å². The molecular formula is C11H12N2S. The van der Waals surface area contributed by atoms with Crippen molar-refractivity contribution in [2.45, 2.75) is 13.0 Å². The van der Waals surface area contributed by atoms with E-state index in [1.165, 1.54) is 5.56 Å². The molecular weight excluding hydrogens is 192 g/mol. The summed E-state index contributed by atoms with van der Waals surface area (Å²) >= 11 is 1.60. The molecule has 1 unspecified atom stereocenters. The Bertz CT molecular complexity index is 409. The second kappa shape index (κ2) is 3.90.